The molecule has 0 bridgehead atoms. The molecule has 19 heavy (non-hydrogen) atoms. The summed E-state index contributed by atoms with van der Waals surface area (Å²) in [5.41, 5.74) is -1.89. The number of carbonyl (C=O) groups is 2. The zero-order valence-corrected chi connectivity index (χ0v) is 10.6. The molecule has 0 aromatic heterocycles. The largest absolute Gasteiger partial charge is 0.479 e. The number of thioether (sulfide) groups is 1. The number of carbonyl (C=O) groups excluding carboxylic acids is 1. The van der Waals surface area contributed by atoms with E-state index >= 15 is 0 Å². The van der Waals surface area contributed by atoms with Crippen LogP contribution in [0.4, 0.5) is 8.78 Å². The van der Waals surface area contributed by atoms with E-state index in [-0.39, 0.29) is 12.2 Å². The van der Waals surface area contributed by atoms with Gasteiger partial charge in [-0.15, -0.1) is 0 Å². The first-order valence-corrected chi connectivity index (χ1v) is 6.69. The number of halogens is 2. The van der Waals surface area contributed by atoms with Gasteiger partial charge in [0.15, 0.2) is 0 Å². The number of nitrogens with one attached hydrogen (secondary N) is 1. The molecule has 1 aromatic carbocycles. The number of carboxylic acid groups (broad SMARTS) is 1. The second-order valence-electron chi connectivity index (χ2n) is 4.27. The molecule has 0 aliphatic carbocycles. The van der Waals surface area contributed by atoms with Gasteiger partial charge in [0, 0.05) is 5.75 Å². The van der Waals surface area contributed by atoms with E-state index in [9.17, 15) is 23.5 Å². The summed E-state index contributed by atoms with van der Waals surface area (Å²) in [5.74, 6) is -2.91. The van der Waals surface area contributed by atoms with Crippen LogP contribution in [0.2, 0.25) is 0 Å². The fourth-order valence-corrected chi connectivity index (χ4v) is 3.17. The first kappa shape index (κ1) is 13.8. The van der Waals surface area contributed by atoms with E-state index in [0.717, 1.165) is 18.2 Å². The van der Waals surface area contributed by atoms with Crippen molar-refractivity contribution in [1.82, 2.24) is 5.32 Å². The van der Waals surface area contributed by atoms with Crippen LogP contribution in [0.3, 0.4) is 0 Å². The molecule has 1 unspecified atom stereocenters. The molecule has 102 valence electrons. The summed E-state index contributed by atoms with van der Waals surface area (Å²) in [6.07, 6.45) is 0.260. The molecule has 1 atom stereocenters. The third kappa shape index (κ3) is 2.70. The van der Waals surface area contributed by atoms with Crippen LogP contribution >= 0.6 is 11.8 Å². The molecule has 1 fully saturated rings. The van der Waals surface area contributed by atoms with Crippen molar-refractivity contribution in [2.75, 3.05) is 11.5 Å². The molecule has 4 nitrogen and oxygen atoms in total. The maximum atomic E-state index is 13.4. The van der Waals surface area contributed by atoms with Gasteiger partial charge in [0.05, 0.1) is 5.56 Å². The highest BCUT2D eigenvalue weighted by molar-refractivity contribution is 7.99. The number of amides is 1. The Morgan fingerprint density at radius 2 is 2.11 bits per heavy atom. The molecule has 2 rings (SSSR count). The second kappa shape index (κ2) is 5.16. The maximum absolute atomic E-state index is 13.4. The highest BCUT2D eigenvalue weighted by atomic mass is 32.2. The summed E-state index contributed by atoms with van der Waals surface area (Å²) in [4.78, 5) is 23.1. The summed E-state index contributed by atoms with van der Waals surface area (Å²) in [6.45, 7) is 0. The van der Waals surface area contributed by atoms with Crippen LogP contribution in [-0.4, -0.2) is 34.0 Å². The number of benzene rings is 1. The van der Waals surface area contributed by atoms with E-state index in [1.54, 1.807) is 0 Å². The van der Waals surface area contributed by atoms with Gasteiger partial charge < -0.3 is 10.4 Å². The number of hydrogen-bond donors (Lipinski definition) is 2. The third-order valence-electron chi connectivity index (χ3n) is 2.96. The smallest absolute Gasteiger partial charge is 0.330 e. The first-order chi connectivity index (χ1) is 8.94. The van der Waals surface area contributed by atoms with E-state index in [1.807, 2.05) is 0 Å². The standard InChI is InChI=1S/C12H11F2NO3S/c13-7-1-2-9(14)8(5-7)10(16)15-12(11(17)18)3-4-19-6-12/h1-2,5H,3-4,6H2,(H,15,16)(H,17,18). The number of rotatable bonds is 3. The quantitative estimate of drug-likeness (QED) is 0.887. The molecule has 1 saturated heterocycles. The minimum absolute atomic E-state index is 0.213. The molecular formula is C12H11F2NO3S. The summed E-state index contributed by atoms with van der Waals surface area (Å²) in [5, 5.41) is 11.5. The molecule has 1 heterocycles. The van der Waals surface area contributed by atoms with Gasteiger partial charge in [-0.1, -0.05) is 0 Å². The van der Waals surface area contributed by atoms with Crippen molar-refractivity contribution in [3.05, 3.63) is 35.4 Å². The average molecular weight is 287 g/mol. The van der Waals surface area contributed by atoms with Crippen molar-refractivity contribution in [3.8, 4) is 0 Å². The van der Waals surface area contributed by atoms with E-state index in [0.29, 0.717) is 5.75 Å². The number of aliphatic carboxylic acids is 1. The van der Waals surface area contributed by atoms with Gasteiger partial charge in [-0.25, -0.2) is 13.6 Å². The Bertz CT molecular complexity index is 530. The molecular weight excluding hydrogens is 276 g/mol. The summed E-state index contributed by atoms with van der Waals surface area (Å²) in [7, 11) is 0. The van der Waals surface area contributed by atoms with E-state index in [2.05, 4.69) is 5.32 Å². The van der Waals surface area contributed by atoms with E-state index < -0.39 is 34.6 Å². The maximum Gasteiger partial charge on any atom is 0.330 e. The zero-order chi connectivity index (χ0) is 14.0. The summed E-state index contributed by atoms with van der Waals surface area (Å²) >= 11 is 1.39. The Morgan fingerprint density at radius 1 is 1.37 bits per heavy atom. The Balaban J connectivity index is 2.25. The van der Waals surface area contributed by atoms with Crippen molar-refractivity contribution in [3.63, 3.8) is 0 Å². The molecule has 0 saturated carbocycles. The molecule has 0 radical (unpaired) electrons. The van der Waals surface area contributed by atoms with Crippen molar-refractivity contribution in [2.45, 2.75) is 12.0 Å². The molecule has 1 aromatic rings. The van der Waals surface area contributed by atoms with Crippen LogP contribution in [0, 0.1) is 11.6 Å². The summed E-state index contributed by atoms with van der Waals surface area (Å²) < 4.78 is 26.4. The van der Waals surface area contributed by atoms with Crippen LogP contribution in [-0.2, 0) is 4.79 Å². The fourth-order valence-electron chi connectivity index (χ4n) is 1.84. The minimum Gasteiger partial charge on any atom is -0.479 e. The number of carboxylic acids is 1. The molecule has 2 N–H and O–H groups in total. The molecule has 7 heteroatoms. The molecule has 1 aliphatic heterocycles. The topological polar surface area (TPSA) is 66.4 Å². The lowest BCUT2D eigenvalue weighted by Gasteiger charge is -2.24. The molecule has 0 spiro atoms. The Hall–Kier alpha value is -1.63. The highest BCUT2D eigenvalue weighted by Crippen LogP contribution is 2.28. The van der Waals surface area contributed by atoms with Gasteiger partial charge in [0.1, 0.15) is 17.2 Å². The fraction of sp³-hybridized carbons (Fsp3) is 0.333. The second-order valence-corrected chi connectivity index (χ2v) is 5.37. The van der Waals surface area contributed by atoms with Gasteiger partial charge >= 0.3 is 5.97 Å². The SMILES string of the molecule is O=C(NC1(C(=O)O)CCSC1)c1cc(F)ccc1F. The molecule has 1 aliphatic rings. The van der Waals surface area contributed by atoms with Crippen LogP contribution in [0.25, 0.3) is 0 Å². The zero-order valence-electron chi connectivity index (χ0n) is 9.78. The van der Waals surface area contributed by atoms with Crippen molar-refractivity contribution in [1.29, 1.82) is 0 Å². The predicted molar refractivity (Wildman–Crippen MR) is 66.1 cm³/mol. The first-order valence-electron chi connectivity index (χ1n) is 5.53. The van der Waals surface area contributed by atoms with Crippen LogP contribution in [0.15, 0.2) is 18.2 Å². The van der Waals surface area contributed by atoms with Gasteiger partial charge in [0.25, 0.3) is 5.91 Å². The van der Waals surface area contributed by atoms with E-state index in [4.69, 9.17) is 0 Å². The van der Waals surface area contributed by atoms with Crippen LogP contribution < -0.4 is 5.32 Å². The van der Waals surface area contributed by atoms with Crippen LogP contribution in [0.1, 0.15) is 16.8 Å². The normalized spacial score (nSPS) is 22.2. The van der Waals surface area contributed by atoms with Crippen molar-refractivity contribution >= 4 is 23.6 Å². The Morgan fingerprint density at radius 3 is 2.68 bits per heavy atom. The Labute approximate surface area is 112 Å². The third-order valence-corrected chi connectivity index (χ3v) is 4.15. The number of hydrogen-bond acceptors (Lipinski definition) is 3. The monoisotopic (exact) mass is 287 g/mol. The van der Waals surface area contributed by atoms with Crippen molar-refractivity contribution in [2.24, 2.45) is 0 Å². The lowest BCUT2D eigenvalue weighted by atomic mass is 9.98. The van der Waals surface area contributed by atoms with E-state index in [1.165, 1.54) is 11.8 Å². The van der Waals surface area contributed by atoms with Gasteiger partial charge in [-0.05, 0) is 30.4 Å². The average Bonchev–Trinajstić information content (AvgIpc) is 2.82. The molecule has 1 amide bonds. The lowest BCUT2D eigenvalue weighted by Crippen LogP contribution is -2.54. The lowest BCUT2D eigenvalue weighted by molar-refractivity contribution is -0.143. The summed E-state index contributed by atoms with van der Waals surface area (Å²) in [6, 6.07) is 2.48. The predicted octanol–water partition coefficient (Wildman–Crippen LogP) is 1.65. The van der Waals surface area contributed by atoms with Crippen molar-refractivity contribution < 1.29 is 23.5 Å². The highest BCUT2D eigenvalue weighted by Gasteiger charge is 2.43. The van der Waals surface area contributed by atoms with Gasteiger partial charge in [-0.2, -0.15) is 11.8 Å². The van der Waals surface area contributed by atoms with Gasteiger partial charge in [-0.3, -0.25) is 4.79 Å². The van der Waals surface area contributed by atoms with Gasteiger partial charge in [0.2, 0.25) is 0 Å². The Kier molecular flexibility index (Phi) is 3.75. The van der Waals surface area contributed by atoms with Crippen LogP contribution in [0.5, 0.6) is 0 Å². The minimum atomic E-state index is -1.40.